The van der Waals surface area contributed by atoms with Crippen LogP contribution in [0.5, 0.6) is 0 Å². The molecule has 1 heterocycles. The van der Waals surface area contributed by atoms with E-state index in [1.165, 1.54) is 9.80 Å². The Balaban J connectivity index is 1.97. The Morgan fingerprint density at radius 1 is 1.23 bits per heavy atom. The molecule has 1 aliphatic heterocycles. The van der Waals surface area contributed by atoms with Crippen molar-refractivity contribution in [1.29, 1.82) is 0 Å². The molecule has 7 heteroatoms. The van der Waals surface area contributed by atoms with Gasteiger partial charge in [0, 0.05) is 13.1 Å². The summed E-state index contributed by atoms with van der Waals surface area (Å²) in [6.45, 7) is 1.83. The monoisotopic (exact) mass is 308 g/mol. The van der Waals surface area contributed by atoms with Crippen LogP contribution in [0.2, 0.25) is 0 Å². The minimum absolute atomic E-state index is 0.0768. The summed E-state index contributed by atoms with van der Waals surface area (Å²) in [5, 5.41) is 18.5. The topological polar surface area (TPSA) is 90.3 Å². The van der Waals surface area contributed by atoms with E-state index in [4.69, 9.17) is 9.84 Å². The zero-order chi connectivity index (χ0) is 16.1. The molecular formula is C15H20N2O5. The molecule has 0 saturated carbocycles. The average Bonchev–Trinajstić information content (AvgIpc) is 2.53. The summed E-state index contributed by atoms with van der Waals surface area (Å²) < 4.78 is 5.25. The Hall–Kier alpha value is -2.28. The third kappa shape index (κ3) is 3.67. The zero-order valence-electron chi connectivity index (χ0n) is 12.4. The van der Waals surface area contributed by atoms with Crippen LogP contribution in [0.3, 0.4) is 0 Å². The first-order valence-corrected chi connectivity index (χ1v) is 7.10. The van der Waals surface area contributed by atoms with Crippen LogP contribution in [0.4, 0.5) is 9.59 Å². The maximum absolute atomic E-state index is 12.2. The van der Waals surface area contributed by atoms with Gasteiger partial charge in [0.1, 0.15) is 6.61 Å². The number of nitrogens with zero attached hydrogens (tertiary/aromatic N) is 2. The molecule has 0 aliphatic carbocycles. The predicted molar refractivity (Wildman–Crippen MR) is 78.4 cm³/mol. The van der Waals surface area contributed by atoms with Gasteiger partial charge in [0.25, 0.3) is 0 Å². The molecule has 0 radical (unpaired) electrons. The van der Waals surface area contributed by atoms with Crippen molar-refractivity contribution in [2.24, 2.45) is 0 Å². The van der Waals surface area contributed by atoms with Crippen LogP contribution in [-0.4, -0.2) is 64.0 Å². The molecule has 0 aromatic heterocycles. The smallest absolute Gasteiger partial charge is 0.410 e. The second-order valence-corrected chi connectivity index (χ2v) is 5.31. The molecule has 120 valence electrons. The molecule has 1 saturated heterocycles. The van der Waals surface area contributed by atoms with E-state index in [9.17, 15) is 14.7 Å². The van der Waals surface area contributed by atoms with E-state index in [2.05, 4.69) is 0 Å². The first-order chi connectivity index (χ1) is 10.5. The van der Waals surface area contributed by atoms with Gasteiger partial charge in [-0.05, 0) is 12.5 Å². The van der Waals surface area contributed by atoms with Crippen LogP contribution in [-0.2, 0) is 11.3 Å². The normalized spacial score (nSPS) is 21.5. The number of hydrogen-bond acceptors (Lipinski definition) is 4. The number of piperazine rings is 1. The van der Waals surface area contributed by atoms with E-state index in [1.54, 1.807) is 6.92 Å². The predicted octanol–water partition coefficient (Wildman–Crippen LogP) is 1.37. The third-order valence-corrected chi connectivity index (χ3v) is 3.74. The zero-order valence-corrected chi connectivity index (χ0v) is 12.4. The van der Waals surface area contributed by atoms with Gasteiger partial charge >= 0.3 is 12.2 Å². The highest BCUT2D eigenvalue weighted by Gasteiger charge is 2.37. The number of amides is 2. The van der Waals surface area contributed by atoms with Gasteiger partial charge in [0.15, 0.2) is 0 Å². The van der Waals surface area contributed by atoms with Crippen molar-refractivity contribution in [3.63, 3.8) is 0 Å². The van der Waals surface area contributed by atoms with Gasteiger partial charge in [-0.1, -0.05) is 30.3 Å². The summed E-state index contributed by atoms with van der Waals surface area (Å²) >= 11 is 0. The van der Waals surface area contributed by atoms with Crippen molar-refractivity contribution in [2.75, 3.05) is 19.7 Å². The highest BCUT2D eigenvalue weighted by atomic mass is 16.6. The summed E-state index contributed by atoms with van der Waals surface area (Å²) in [7, 11) is 0. The van der Waals surface area contributed by atoms with Crippen LogP contribution in [0.1, 0.15) is 12.5 Å². The summed E-state index contributed by atoms with van der Waals surface area (Å²) in [5.74, 6) is 0. The lowest BCUT2D eigenvalue weighted by atomic mass is 10.1. The van der Waals surface area contributed by atoms with Gasteiger partial charge in [0.05, 0.1) is 18.7 Å². The number of hydrogen-bond donors (Lipinski definition) is 2. The van der Waals surface area contributed by atoms with Crippen molar-refractivity contribution in [1.82, 2.24) is 9.80 Å². The maximum Gasteiger partial charge on any atom is 0.410 e. The minimum atomic E-state index is -1.05. The second-order valence-electron chi connectivity index (χ2n) is 5.31. The average molecular weight is 308 g/mol. The van der Waals surface area contributed by atoms with Gasteiger partial charge in [-0.15, -0.1) is 0 Å². The van der Waals surface area contributed by atoms with Crippen molar-refractivity contribution in [3.05, 3.63) is 35.9 Å². The van der Waals surface area contributed by atoms with Crippen molar-refractivity contribution in [3.8, 4) is 0 Å². The second kappa shape index (κ2) is 7.13. The fourth-order valence-corrected chi connectivity index (χ4v) is 2.49. The fourth-order valence-electron chi connectivity index (χ4n) is 2.49. The summed E-state index contributed by atoms with van der Waals surface area (Å²) in [6.07, 6.45) is -1.59. The molecule has 1 fully saturated rings. The van der Waals surface area contributed by atoms with Gasteiger partial charge in [-0.2, -0.15) is 0 Å². The Morgan fingerprint density at radius 2 is 1.91 bits per heavy atom. The molecule has 2 amide bonds. The molecule has 2 atom stereocenters. The lowest BCUT2D eigenvalue weighted by Crippen LogP contribution is -2.61. The largest absolute Gasteiger partial charge is 0.465 e. The number of carbonyl (C=O) groups excluding carboxylic acids is 1. The molecule has 1 aromatic rings. The molecule has 2 N–H and O–H groups in total. The molecular weight excluding hydrogens is 288 g/mol. The molecule has 0 spiro atoms. The highest BCUT2D eigenvalue weighted by molar-refractivity contribution is 5.70. The number of carboxylic acid groups (broad SMARTS) is 1. The van der Waals surface area contributed by atoms with Gasteiger partial charge < -0.3 is 19.8 Å². The molecule has 1 aromatic carbocycles. The number of benzene rings is 1. The molecule has 2 rings (SSSR count). The van der Waals surface area contributed by atoms with E-state index in [-0.39, 0.29) is 32.3 Å². The Morgan fingerprint density at radius 3 is 2.50 bits per heavy atom. The number of aliphatic hydroxyl groups excluding tert-OH is 1. The minimum Gasteiger partial charge on any atom is -0.465 e. The van der Waals surface area contributed by atoms with Crippen LogP contribution in [0.15, 0.2) is 30.3 Å². The van der Waals surface area contributed by atoms with E-state index in [1.807, 2.05) is 30.3 Å². The van der Waals surface area contributed by atoms with Gasteiger partial charge in [-0.25, -0.2) is 9.59 Å². The maximum atomic E-state index is 12.2. The standard InChI is InChI=1S/C15H20N2O5/c1-11-7-17(13(9-18)8-16(11)14(19)20)15(21)22-10-12-5-3-2-4-6-12/h2-6,11,13,18H,7-10H2,1H3,(H,19,20)/t11-,13-/m1/s1. The van der Waals surface area contributed by atoms with E-state index < -0.39 is 18.2 Å². The summed E-state index contributed by atoms with van der Waals surface area (Å²) in [4.78, 5) is 25.9. The number of aliphatic hydroxyl groups is 1. The Labute approximate surface area is 128 Å². The lowest BCUT2D eigenvalue weighted by molar-refractivity contribution is 0.00655. The van der Waals surface area contributed by atoms with Crippen molar-refractivity contribution >= 4 is 12.2 Å². The lowest BCUT2D eigenvalue weighted by Gasteiger charge is -2.42. The van der Waals surface area contributed by atoms with E-state index >= 15 is 0 Å². The Kier molecular flexibility index (Phi) is 5.21. The molecule has 22 heavy (non-hydrogen) atoms. The van der Waals surface area contributed by atoms with Crippen LogP contribution < -0.4 is 0 Å². The number of carbonyl (C=O) groups is 2. The van der Waals surface area contributed by atoms with Crippen LogP contribution in [0.25, 0.3) is 0 Å². The summed E-state index contributed by atoms with van der Waals surface area (Å²) in [6, 6.07) is 8.35. The van der Waals surface area contributed by atoms with Gasteiger partial charge in [-0.3, -0.25) is 4.90 Å². The molecule has 0 bridgehead atoms. The quantitative estimate of drug-likeness (QED) is 0.880. The fraction of sp³-hybridized carbons (Fsp3) is 0.467. The first-order valence-electron chi connectivity index (χ1n) is 7.10. The first kappa shape index (κ1) is 16.1. The highest BCUT2D eigenvalue weighted by Crippen LogP contribution is 2.17. The van der Waals surface area contributed by atoms with Crippen LogP contribution >= 0.6 is 0 Å². The van der Waals surface area contributed by atoms with Crippen molar-refractivity contribution < 1.29 is 24.5 Å². The van der Waals surface area contributed by atoms with E-state index in [0.29, 0.717) is 0 Å². The third-order valence-electron chi connectivity index (χ3n) is 3.74. The van der Waals surface area contributed by atoms with Crippen molar-refractivity contribution in [2.45, 2.75) is 25.6 Å². The van der Waals surface area contributed by atoms with Gasteiger partial charge in [0.2, 0.25) is 0 Å². The Bertz CT molecular complexity index is 522. The van der Waals surface area contributed by atoms with E-state index in [0.717, 1.165) is 5.56 Å². The number of rotatable bonds is 3. The molecule has 1 aliphatic rings. The SMILES string of the molecule is C[C@@H]1CN(C(=O)OCc2ccccc2)[C@@H](CO)CN1C(=O)O. The summed E-state index contributed by atoms with van der Waals surface area (Å²) in [5.41, 5.74) is 0.869. The molecule has 7 nitrogen and oxygen atoms in total. The number of ether oxygens (including phenoxy) is 1. The molecule has 0 unspecified atom stereocenters. The van der Waals surface area contributed by atoms with Crippen LogP contribution in [0, 0.1) is 0 Å².